The number of likely N-dealkylation sites (N-methyl/N-ethyl adjacent to an activating group) is 1. The summed E-state index contributed by atoms with van der Waals surface area (Å²) in [6.45, 7) is 0.954. The molecule has 0 aromatic carbocycles. The van der Waals surface area contributed by atoms with Crippen molar-refractivity contribution in [2.24, 2.45) is 0 Å². The summed E-state index contributed by atoms with van der Waals surface area (Å²) in [6.07, 6.45) is -1.04. The second-order valence-corrected chi connectivity index (χ2v) is 2.72. The van der Waals surface area contributed by atoms with Gasteiger partial charge in [-0.1, -0.05) is 0 Å². The number of rotatable bonds is 2. The van der Waals surface area contributed by atoms with Crippen LogP contribution in [0.25, 0.3) is 0 Å². The number of nitrogens with zero attached hydrogens (tertiary/aromatic N) is 1. The van der Waals surface area contributed by atoms with Crippen molar-refractivity contribution < 1.29 is 19.4 Å². The Morgan fingerprint density at radius 3 is 3.08 bits per heavy atom. The maximum Gasteiger partial charge on any atom is 0.306 e. The summed E-state index contributed by atoms with van der Waals surface area (Å²) < 4.78 is 5.00. The van der Waals surface area contributed by atoms with Gasteiger partial charge in [-0.15, -0.1) is 0 Å². The van der Waals surface area contributed by atoms with Gasteiger partial charge < -0.3 is 14.7 Å². The molecule has 1 aliphatic rings. The Bertz CT molecular complexity index is 204. The van der Waals surface area contributed by atoms with E-state index in [1.807, 2.05) is 0 Å². The molecule has 0 aromatic rings. The lowest BCUT2D eigenvalue weighted by atomic mass is 10.2. The Morgan fingerprint density at radius 1 is 1.83 bits per heavy atom. The van der Waals surface area contributed by atoms with E-state index in [-0.39, 0.29) is 12.3 Å². The highest BCUT2D eigenvalue weighted by Gasteiger charge is 2.28. The lowest BCUT2D eigenvalue weighted by molar-refractivity contribution is -0.157. The SMILES string of the molecule is CN1CCOC(CC(=O)O)C1=O. The van der Waals surface area contributed by atoms with Crippen LogP contribution in [0.1, 0.15) is 6.42 Å². The first-order chi connectivity index (χ1) is 5.61. The van der Waals surface area contributed by atoms with Gasteiger partial charge in [0.05, 0.1) is 13.0 Å². The van der Waals surface area contributed by atoms with Gasteiger partial charge in [-0.3, -0.25) is 9.59 Å². The highest BCUT2D eigenvalue weighted by Crippen LogP contribution is 2.08. The molecule has 0 aliphatic carbocycles. The van der Waals surface area contributed by atoms with Crippen molar-refractivity contribution in [3.8, 4) is 0 Å². The molecule has 1 aliphatic heterocycles. The topological polar surface area (TPSA) is 66.8 Å². The Balaban J connectivity index is 2.52. The minimum Gasteiger partial charge on any atom is -0.481 e. The van der Waals surface area contributed by atoms with E-state index in [4.69, 9.17) is 9.84 Å². The van der Waals surface area contributed by atoms with Gasteiger partial charge >= 0.3 is 5.97 Å². The van der Waals surface area contributed by atoms with Gasteiger partial charge in [0.1, 0.15) is 6.10 Å². The fourth-order valence-electron chi connectivity index (χ4n) is 1.06. The van der Waals surface area contributed by atoms with E-state index in [1.165, 1.54) is 4.90 Å². The number of amides is 1. The van der Waals surface area contributed by atoms with Gasteiger partial charge in [0.2, 0.25) is 0 Å². The summed E-state index contributed by atoms with van der Waals surface area (Å²) in [5.41, 5.74) is 0. The lowest BCUT2D eigenvalue weighted by Crippen LogP contribution is -2.46. The first-order valence-corrected chi connectivity index (χ1v) is 3.69. The molecular formula is C7H11NO4. The number of hydrogen-bond acceptors (Lipinski definition) is 3. The van der Waals surface area contributed by atoms with E-state index in [2.05, 4.69) is 0 Å². The van der Waals surface area contributed by atoms with Gasteiger partial charge in [0.15, 0.2) is 0 Å². The van der Waals surface area contributed by atoms with Gasteiger partial charge in [0.25, 0.3) is 5.91 Å². The van der Waals surface area contributed by atoms with Crippen LogP contribution < -0.4 is 0 Å². The summed E-state index contributed by atoms with van der Waals surface area (Å²) in [4.78, 5) is 23.0. The maximum absolute atomic E-state index is 11.2. The zero-order valence-corrected chi connectivity index (χ0v) is 6.82. The van der Waals surface area contributed by atoms with Crippen LogP contribution in [0, 0.1) is 0 Å². The number of ether oxygens (including phenoxy) is 1. The van der Waals surface area contributed by atoms with E-state index in [0.29, 0.717) is 13.2 Å². The number of morpholine rings is 1. The highest BCUT2D eigenvalue weighted by molar-refractivity contribution is 5.85. The molecule has 1 saturated heterocycles. The number of aliphatic carboxylic acids is 1. The number of carbonyl (C=O) groups excluding carboxylic acids is 1. The molecule has 0 saturated carbocycles. The van der Waals surface area contributed by atoms with Crippen molar-refractivity contribution in [2.75, 3.05) is 20.2 Å². The zero-order chi connectivity index (χ0) is 9.14. The minimum atomic E-state index is -1.01. The smallest absolute Gasteiger partial charge is 0.306 e. The summed E-state index contributed by atoms with van der Waals surface area (Å²) in [6, 6.07) is 0. The van der Waals surface area contributed by atoms with Crippen LogP contribution in [0.15, 0.2) is 0 Å². The van der Waals surface area contributed by atoms with Crippen molar-refractivity contribution >= 4 is 11.9 Å². The number of carbonyl (C=O) groups is 2. The van der Waals surface area contributed by atoms with Crippen molar-refractivity contribution in [2.45, 2.75) is 12.5 Å². The monoisotopic (exact) mass is 173 g/mol. The third-order valence-electron chi connectivity index (χ3n) is 1.76. The molecule has 1 amide bonds. The van der Waals surface area contributed by atoms with Crippen molar-refractivity contribution in [3.63, 3.8) is 0 Å². The molecule has 1 heterocycles. The third-order valence-corrected chi connectivity index (χ3v) is 1.76. The molecule has 1 N–H and O–H groups in total. The van der Waals surface area contributed by atoms with E-state index in [9.17, 15) is 9.59 Å². The van der Waals surface area contributed by atoms with Crippen LogP contribution in [-0.2, 0) is 14.3 Å². The largest absolute Gasteiger partial charge is 0.481 e. The standard InChI is InChI=1S/C7H11NO4/c1-8-2-3-12-5(7(8)11)4-6(9)10/h5H,2-4H2,1H3,(H,9,10). The summed E-state index contributed by atoms with van der Waals surface area (Å²) in [7, 11) is 1.64. The van der Waals surface area contributed by atoms with Gasteiger partial charge in [-0.05, 0) is 0 Å². The van der Waals surface area contributed by atoms with Gasteiger partial charge in [0, 0.05) is 13.6 Å². The summed E-state index contributed by atoms with van der Waals surface area (Å²) in [5, 5.41) is 8.42. The second kappa shape index (κ2) is 3.53. The Morgan fingerprint density at radius 2 is 2.50 bits per heavy atom. The molecule has 1 atom stereocenters. The van der Waals surface area contributed by atoms with Crippen LogP contribution in [0.4, 0.5) is 0 Å². The van der Waals surface area contributed by atoms with E-state index in [0.717, 1.165) is 0 Å². The molecule has 12 heavy (non-hydrogen) atoms. The van der Waals surface area contributed by atoms with Gasteiger partial charge in [-0.2, -0.15) is 0 Å². The molecule has 0 radical (unpaired) electrons. The molecule has 0 bridgehead atoms. The maximum atomic E-state index is 11.2. The Labute approximate surface area is 69.9 Å². The Hall–Kier alpha value is -1.10. The van der Waals surface area contributed by atoms with Crippen LogP contribution in [0.2, 0.25) is 0 Å². The minimum absolute atomic E-state index is 0.247. The fourth-order valence-corrected chi connectivity index (χ4v) is 1.06. The highest BCUT2D eigenvalue weighted by atomic mass is 16.5. The number of carboxylic acids is 1. The molecule has 68 valence electrons. The van der Waals surface area contributed by atoms with Crippen molar-refractivity contribution in [3.05, 3.63) is 0 Å². The molecule has 0 aromatic heterocycles. The predicted octanol–water partition coefficient (Wildman–Crippen LogP) is -0.682. The summed E-state index contributed by atoms with van der Waals surface area (Å²) in [5.74, 6) is -1.26. The average molecular weight is 173 g/mol. The first-order valence-electron chi connectivity index (χ1n) is 3.69. The second-order valence-electron chi connectivity index (χ2n) is 2.72. The molecule has 1 rings (SSSR count). The molecule has 0 spiro atoms. The zero-order valence-electron chi connectivity index (χ0n) is 6.82. The van der Waals surface area contributed by atoms with E-state index >= 15 is 0 Å². The van der Waals surface area contributed by atoms with Crippen LogP contribution in [0.3, 0.4) is 0 Å². The third kappa shape index (κ3) is 1.94. The average Bonchev–Trinajstić information content (AvgIpc) is 1.98. The van der Waals surface area contributed by atoms with Gasteiger partial charge in [-0.25, -0.2) is 0 Å². The molecule has 5 nitrogen and oxygen atoms in total. The predicted molar refractivity (Wildman–Crippen MR) is 39.6 cm³/mol. The fraction of sp³-hybridized carbons (Fsp3) is 0.714. The molecule has 1 fully saturated rings. The van der Waals surface area contributed by atoms with Crippen LogP contribution in [-0.4, -0.2) is 48.2 Å². The van der Waals surface area contributed by atoms with Crippen molar-refractivity contribution in [1.29, 1.82) is 0 Å². The van der Waals surface area contributed by atoms with E-state index < -0.39 is 12.1 Å². The van der Waals surface area contributed by atoms with Crippen LogP contribution in [0.5, 0.6) is 0 Å². The van der Waals surface area contributed by atoms with E-state index in [1.54, 1.807) is 7.05 Å². The molecule has 5 heteroatoms. The lowest BCUT2D eigenvalue weighted by Gasteiger charge is -2.28. The molecule has 1 unspecified atom stereocenters. The Kier molecular flexibility index (Phi) is 2.65. The normalized spacial score (nSPS) is 24.2. The number of hydrogen-bond donors (Lipinski definition) is 1. The summed E-state index contributed by atoms with van der Waals surface area (Å²) >= 11 is 0. The van der Waals surface area contributed by atoms with Crippen molar-refractivity contribution in [1.82, 2.24) is 4.90 Å². The first kappa shape index (κ1) is 8.99. The quantitative estimate of drug-likeness (QED) is 0.600. The number of carboxylic acid groups (broad SMARTS) is 1. The molecular weight excluding hydrogens is 162 g/mol. The van der Waals surface area contributed by atoms with Crippen LogP contribution >= 0.6 is 0 Å².